The lowest BCUT2D eigenvalue weighted by Gasteiger charge is -2.28. The van der Waals surface area contributed by atoms with Gasteiger partial charge in [-0.2, -0.15) is 0 Å². The third kappa shape index (κ3) is 4.97. The number of guanidine groups is 2. The Labute approximate surface area is 156 Å². The minimum absolute atomic E-state index is 0.370. The van der Waals surface area contributed by atoms with Crippen LogP contribution in [0.4, 0.5) is 10.5 Å². The Morgan fingerprint density at radius 1 is 1.27 bits per heavy atom. The number of amides is 2. The first-order chi connectivity index (χ1) is 12.4. The maximum absolute atomic E-state index is 12.2. The number of nitrogens with zero attached hydrogens (tertiary/aromatic N) is 4. The van der Waals surface area contributed by atoms with Gasteiger partial charge in [0.05, 0.1) is 5.69 Å². The highest BCUT2D eigenvalue weighted by Crippen LogP contribution is 2.21. The number of aliphatic imine (C=N–C) groups is 2. The van der Waals surface area contributed by atoms with Crippen molar-refractivity contribution in [3.63, 3.8) is 0 Å². The average Bonchev–Trinajstić information content (AvgIpc) is 2.68. The second-order valence-electron chi connectivity index (χ2n) is 6.68. The molecular weight excluding hydrogens is 328 g/mol. The van der Waals surface area contributed by atoms with Crippen LogP contribution >= 0.6 is 0 Å². The van der Waals surface area contributed by atoms with Crippen molar-refractivity contribution in [3.05, 3.63) is 29.3 Å². The van der Waals surface area contributed by atoms with E-state index in [0.717, 1.165) is 37.1 Å². The van der Waals surface area contributed by atoms with E-state index >= 15 is 0 Å². The Balaban J connectivity index is 2.32. The van der Waals surface area contributed by atoms with E-state index in [9.17, 15) is 4.79 Å². The van der Waals surface area contributed by atoms with Crippen molar-refractivity contribution < 1.29 is 4.79 Å². The quantitative estimate of drug-likeness (QED) is 0.598. The van der Waals surface area contributed by atoms with Crippen LogP contribution < -0.4 is 16.0 Å². The third-order valence-electron chi connectivity index (χ3n) is 4.49. The van der Waals surface area contributed by atoms with Gasteiger partial charge in [0.25, 0.3) is 0 Å². The molecule has 26 heavy (non-hydrogen) atoms. The van der Waals surface area contributed by atoms with Gasteiger partial charge < -0.3 is 10.6 Å². The molecule has 0 saturated carbocycles. The molecule has 1 aliphatic rings. The first-order valence-corrected chi connectivity index (χ1v) is 9.10. The summed E-state index contributed by atoms with van der Waals surface area (Å²) in [6.45, 7) is 5.63. The monoisotopic (exact) mass is 358 g/mol. The van der Waals surface area contributed by atoms with E-state index in [0.29, 0.717) is 17.6 Å². The maximum Gasteiger partial charge on any atom is 0.326 e. The molecular formula is C19H30N6O. The summed E-state index contributed by atoms with van der Waals surface area (Å²) in [5.41, 5.74) is 8.48. The molecule has 0 fully saturated rings. The molecule has 7 heteroatoms. The summed E-state index contributed by atoms with van der Waals surface area (Å²) in [6, 6.07) is 5.27. The van der Waals surface area contributed by atoms with Gasteiger partial charge in [-0.1, -0.05) is 30.5 Å². The summed E-state index contributed by atoms with van der Waals surface area (Å²) in [5.74, 6) is 1.08. The van der Waals surface area contributed by atoms with E-state index in [1.807, 2.05) is 39.1 Å². The van der Waals surface area contributed by atoms with Crippen LogP contribution in [0.15, 0.2) is 28.2 Å². The molecule has 7 nitrogen and oxygen atoms in total. The lowest BCUT2D eigenvalue weighted by molar-refractivity contribution is 0.256. The smallest absolute Gasteiger partial charge is 0.326 e. The van der Waals surface area contributed by atoms with Crippen LogP contribution in [-0.4, -0.2) is 50.0 Å². The number of nitrogens with two attached hydrogens (primary N) is 1. The van der Waals surface area contributed by atoms with Crippen molar-refractivity contribution in [2.24, 2.45) is 15.7 Å². The number of rotatable bonds is 1. The van der Waals surface area contributed by atoms with Crippen LogP contribution in [0.1, 0.15) is 36.8 Å². The Morgan fingerprint density at radius 2 is 2.00 bits per heavy atom. The highest BCUT2D eigenvalue weighted by Gasteiger charge is 2.23. The molecule has 1 aromatic carbocycles. The normalized spacial score (nSPS) is 16.2. The van der Waals surface area contributed by atoms with Gasteiger partial charge in [0.2, 0.25) is 11.9 Å². The van der Waals surface area contributed by atoms with Crippen molar-refractivity contribution in [2.75, 3.05) is 32.1 Å². The number of anilines is 1. The molecule has 0 atom stereocenters. The van der Waals surface area contributed by atoms with E-state index in [2.05, 4.69) is 20.2 Å². The van der Waals surface area contributed by atoms with Crippen molar-refractivity contribution in [2.45, 2.75) is 39.5 Å². The number of hydrogen-bond donors (Lipinski definition) is 2. The summed E-state index contributed by atoms with van der Waals surface area (Å²) < 4.78 is 0. The van der Waals surface area contributed by atoms with Crippen molar-refractivity contribution in [3.8, 4) is 0 Å². The Bertz CT molecular complexity index is 697. The van der Waals surface area contributed by atoms with Crippen LogP contribution in [0.25, 0.3) is 0 Å². The van der Waals surface area contributed by atoms with Gasteiger partial charge in [0.1, 0.15) is 0 Å². The van der Waals surface area contributed by atoms with Crippen molar-refractivity contribution >= 4 is 23.6 Å². The summed E-state index contributed by atoms with van der Waals surface area (Å²) in [7, 11) is 3.63. The molecule has 1 aliphatic heterocycles. The third-order valence-corrected chi connectivity index (χ3v) is 4.49. The van der Waals surface area contributed by atoms with Gasteiger partial charge >= 0.3 is 6.03 Å². The number of nitrogens with one attached hydrogen (secondary N) is 1. The zero-order chi connectivity index (χ0) is 19.1. The molecule has 0 radical (unpaired) electrons. The molecule has 0 saturated heterocycles. The minimum atomic E-state index is -0.587. The molecule has 0 spiro atoms. The van der Waals surface area contributed by atoms with Gasteiger partial charge in [0, 0.05) is 27.2 Å². The largest absolute Gasteiger partial charge is 0.351 e. The van der Waals surface area contributed by atoms with Crippen molar-refractivity contribution in [1.29, 1.82) is 0 Å². The predicted molar refractivity (Wildman–Crippen MR) is 108 cm³/mol. The Kier molecular flexibility index (Phi) is 7.00. The fourth-order valence-electron chi connectivity index (χ4n) is 3.07. The van der Waals surface area contributed by atoms with Gasteiger partial charge in [-0.15, -0.1) is 0 Å². The molecule has 0 aromatic heterocycles. The molecule has 0 aliphatic carbocycles. The highest BCUT2D eigenvalue weighted by atomic mass is 16.2. The molecule has 3 N–H and O–H groups in total. The van der Waals surface area contributed by atoms with E-state index in [1.165, 1.54) is 17.7 Å². The summed E-state index contributed by atoms with van der Waals surface area (Å²) in [6.07, 6.45) is 4.58. The summed E-state index contributed by atoms with van der Waals surface area (Å²) >= 11 is 0. The number of urea groups is 1. The molecule has 1 heterocycles. The fourth-order valence-corrected chi connectivity index (χ4v) is 3.07. The number of hydrogen-bond acceptors (Lipinski definition) is 4. The topological polar surface area (TPSA) is 86.3 Å². The van der Waals surface area contributed by atoms with E-state index in [-0.39, 0.29) is 0 Å². The fraction of sp³-hybridized carbons (Fsp3) is 0.526. The number of benzene rings is 1. The zero-order valence-corrected chi connectivity index (χ0v) is 16.2. The maximum atomic E-state index is 12.2. The number of carbonyl (C=O) groups excluding carboxylic acids is 1. The van der Waals surface area contributed by atoms with E-state index in [4.69, 9.17) is 5.73 Å². The lowest BCUT2D eigenvalue weighted by atomic mass is 10.1. The van der Waals surface area contributed by atoms with Gasteiger partial charge in [-0.05, 0) is 38.3 Å². The minimum Gasteiger partial charge on any atom is -0.351 e. The van der Waals surface area contributed by atoms with E-state index in [1.54, 1.807) is 7.05 Å². The first-order valence-electron chi connectivity index (χ1n) is 9.10. The molecule has 0 bridgehead atoms. The van der Waals surface area contributed by atoms with Crippen LogP contribution in [0.2, 0.25) is 0 Å². The molecule has 2 rings (SSSR count). The Morgan fingerprint density at radius 3 is 2.65 bits per heavy atom. The number of primary amides is 1. The van der Waals surface area contributed by atoms with Crippen LogP contribution in [0.3, 0.4) is 0 Å². The zero-order valence-electron chi connectivity index (χ0n) is 16.2. The van der Waals surface area contributed by atoms with Crippen LogP contribution in [0, 0.1) is 13.8 Å². The van der Waals surface area contributed by atoms with Gasteiger partial charge in [0.15, 0.2) is 0 Å². The lowest BCUT2D eigenvalue weighted by Crippen LogP contribution is -2.53. The van der Waals surface area contributed by atoms with Gasteiger partial charge in [-0.25, -0.2) is 9.69 Å². The molecule has 2 amide bonds. The van der Waals surface area contributed by atoms with Crippen LogP contribution in [0.5, 0.6) is 0 Å². The molecule has 1 aromatic rings. The summed E-state index contributed by atoms with van der Waals surface area (Å²) in [5, 5.41) is 3.22. The molecule has 0 unspecified atom stereocenters. The highest BCUT2D eigenvalue weighted by molar-refractivity contribution is 6.19. The van der Waals surface area contributed by atoms with E-state index < -0.39 is 6.03 Å². The van der Waals surface area contributed by atoms with Crippen LogP contribution in [-0.2, 0) is 0 Å². The number of aryl methyl sites for hydroxylation is 2. The second-order valence-corrected chi connectivity index (χ2v) is 6.68. The molecule has 142 valence electrons. The Hall–Kier alpha value is -2.57. The second kappa shape index (κ2) is 9.22. The van der Waals surface area contributed by atoms with Gasteiger partial charge in [-0.3, -0.25) is 15.3 Å². The predicted octanol–water partition coefficient (Wildman–Crippen LogP) is 2.63. The first kappa shape index (κ1) is 19.8. The average molecular weight is 358 g/mol. The summed E-state index contributed by atoms with van der Waals surface area (Å²) in [4.78, 5) is 24.6. The SMILES string of the molecule is CN=C(NC1=NCCCCCCN1C)N(C(N)=O)c1ccc(C)cc1C. The standard InChI is InChI=1S/C19H30N6O/c1-14-9-10-16(15(2)13-14)25(17(20)26)18(21-3)23-19-22-11-7-5-6-8-12-24(19)4/h9-10,13H,5-8,11-12H2,1-4H3,(H2,20,26)(H,21,22,23). The van der Waals surface area contributed by atoms with Crippen molar-refractivity contribution in [1.82, 2.24) is 10.2 Å². The number of carbonyl (C=O) groups is 1.